The highest BCUT2D eigenvalue weighted by atomic mass is 16.5. The van der Waals surface area contributed by atoms with E-state index in [4.69, 9.17) is 9.84 Å². The zero-order valence-corrected chi connectivity index (χ0v) is 10.8. The van der Waals surface area contributed by atoms with Crippen LogP contribution in [0, 0.1) is 0 Å². The van der Waals surface area contributed by atoms with Gasteiger partial charge >= 0.3 is 5.97 Å². The summed E-state index contributed by atoms with van der Waals surface area (Å²) in [5, 5.41) is 8.80. The minimum absolute atomic E-state index is 0.0940. The number of anilines is 1. The van der Waals surface area contributed by atoms with E-state index in [0.717, 1.165) is 0 Å². The van der Waals surface area contributed by atoms with E-state index in [1.165, 1.54) is 12.4 Å². The molecule has 1 aliphatic rings. The Morgan fingerprint density at radius 3 is 2.61 bits per heavy atom. The largest absolute Gasteiger partial charge is 0.478 e. The zero-order valence-electron chi connectivity index (χ0n) is 10.8. The Kier molecular flexibility index (Phi) is 3.21. The van der Waals surface area contributed by atoms with Crippen molar-refractivity contribution in [3.8, 4) is 0 Å². The Balaban J connectivity index is 2.18. The van der Waals surface area contributed by atoms with Gasteiger partial charge in [0.25, 0.3) is 0 Å². The first-order chi connectivity index (χ1) is 8.37. The van der Waals surface area contributed by atoms with E-state index >= 15 is 0 Å². The number of aromatic nitrogens is 2. The molecule has 1 saturated heterocycles. The van der Waals surface area contributed by atoms with Gasteiger partial charge in [0.1, 0.15) is 0 Å². The van der Waals surface area contributed by atoms with Crippen molar-refractivity contribution in [1.29, 1.82) is 0 Å². The highest BCUT2D eigenvalue weighted by molar-refractivity contribution is 5.86. The Hall–Kier alpha value is -1.69. The minimum atomic E-state index is -1.02. The second kappa shape index (κ2) is 4.53. The topological polar surface area (TPSA) is 75.6 Å². The number of morpholine rings is 1. The molecule has 6 heteroatoms. The predicted molar refractivity (Wildman–Crippen MR) is 65.8 cm³/mol. The van der Waals surface area contributed by atoms with E-state index in [0.29, 0.717) is 19.0 Å². The fourth-order valence-corrected chi connectivity index (χ4v) is 2.20. The second-order valence-electron chi connectivity index (χ2n) is 5.15. The number of hydrogen-bond donors (Lipinski definition) is 1. The highest BCUT2D eigenvalue weighted by Gasteiger charge is 2.32. The summed E-state index contributed by atoms with van der Waals surface area (Å²) in [6.45, 7) is 7.42. The summed E-state index contributed by atoms with van der Waals surface area (Å²) < 4.78 is 5.80. The molecule has 1 N–H and O–H groups in total. The molecule has 0 radical (unpaired) electrons. The van der Waals surface area contributed by atoms with Gasteiger partial charge in [0.2, 0.25) is 5.95 Å². The molecule has 2 rings (SSSR count). The number of hydrogen-bond acceptors (Lipinski definition) is 5. The lowest BCUT2D eigenvalue weighted by Crippen LogP contribution is -2.52. The number of carboxylic acid groups (broad SMARTS) is 1. The molecule has 18 heavy (non-hydrogen) atoms. The molecule has 0 saturated carbocycles. The van der Waals surface area contributed by atoms with Gasteiger partial charge in [-0.05, 0) is 20.8 Å². The zero-order chi connectivity index (χ0) is 13.3. The Bertz CT molecular complexity index is 444. The third kappa shape index (κ3) is 2.76. The normalized spacial score (nSPS) is 22.8. The molecule has 98 valence electrons. The summed E-state index contributed by atoms with van der Waals surface area (Å²) in [7, 11) is 0. The highest BCUT2D eigenvalue weighted by Crippen LogP contribution is 2.23. The molecule has 1 atom stereocenters. The van der Waals surface area contributed by atoms with Gasteiger partial charge in [0, 0.05) is 25.5 Å². The van der Waals surface area contributed by atoms with E-state index in [1.807, 2.05) is 25.7 Å². The molecule has 0 spiro atoms. The van der Waals surface area contributed by atoms with Crippen molar-refractivity contribution < 1.29 is 14.6 Å². The van der Waals surface area contributed by atoms with E-state index in [9.17, 15) is 4.79 Å². The Labute approximate surface area is 106 Å². The molecule has 0 bridgehead atoms. The van der Waals surface area contributed by atoms with Crippen molar-refractivity contribution in [2.24, 2.45) is 0 Å². The van der Waals surface area contributed by atoms with Crippen LogP contribution in [0.2, 0.25) is 0 Å². The maximum atomic E-state index is 10.7. The lowest BCUT2D eigenvalue weighted by molar-refractivity contribution is -0.0753. The van der Waals surface area contributed by atoms with Gasteiger partial charge < -0.3 is 14.7 Å². The smallest absolute Gasteiger partial charge is 0.338 e. The van der Waals surface area contributed by atoms with E-state index in [1.54, 1.807) is 0 Å². The molecule has 1 aliphatic heterocycles. The summed E-state index contributed by atoms with van der Waals surface area (Å²) >= 11 is 0. The van der Waals surface area contributed by atoms with Gasteiger partial charge in [-0.3, -0.25) is 0 Å². The average molecular weight is 251 g/mol. The third-order valence-corrected chi connectivity index (χ3v) is 2.74. The van der Waals surface area contributed by atoms with E-state index in [-0.39, 0.29) is 17.3 Å². The second-order valence-corrected chi connectivity index (χ2v) is 5.15. The lowest BCUT2D eigenvalue weighted by Gasteiger charge is -2.41. The molecule has 0 amide bonds. The SMILES string of the molecule is CC1CN(c2ncc(C(=O)O)cn2)CC(C)(C)O1. The van der Waals surface area contributed by atoms with Crippen LogP contribution in [0.15, 0.2) is 12.4 Å². The van der Waals surface area contributed by atoms with E-state index in [2.05, 4.69) is 9.97 Å². The summed E-state index contributed by atoms with van der Waals surface area (Å²) in [5.41, 5.74) is -0.161. The quantitative estimate of drug-likeness (QED) is 0.850. The monoisotopic (exact) mass is 251 g/mol. The van der Waals surface area contributed by atoms with Crippen molar-refractivity contribution in [1.82, 2.24) is 9.97 Å². The molecule has 0 aromatic carbocycles. The van der Waals surface area contributed by atoms with Gasteiger partial charge in [-0.2, -0.15) is 0 Å². The van der Waals surface area contributed by atoms with Crippen LogP contribution in [-0.2, 0) is 4.74 Å². The van der Waals surface area contributed by atoms with Crippen LogP contribution in [0.1, 0.15) is 31.1 Å². The predicted octanol–water partition coefficient (Wildman–Crippen LogP) is 1.18. The Morgan fingerprint density at radius 2 is 2.11 bits per heavy atom. The van der Waals surface area contributed by atoms with Crippen LogP contribution in [0.3, 0.4) is 0 Å². The van der Waals surface area contributed by atoms with E-state index < -0.39 is 5.97 Å². The molecule has 2 heterocycles. The van der Waals surface area contributed by atoms with Gasteiger partial charge in [-0.15, -0.1) is 0 Å². The van der Waals surface area contributed by atoms with Crippen molar-refractivity contribution in [3.05, 3.63) is 18.0 Å². The number of aromatic carboxylic acids is 1. The molecular formula is C12H17N3O3. The van der Waals surface area contributed by atoms with Crippen molar-refractivity contribution >= 4 is 11.9 Å². The van der Waals surface area contributed by atoms with Crippen LogP contribution in [0.4, 0.5) is 5.95 Å². The van der Waals surface area contributed by atoms with Crippen LogP contribution in [0.25, 0.3) is 0 Å². The van der Waals surface area contributed by atoms with Gasteiger partial charge in [-0.1, -0.05) is 0 Å². The minimum Gasteiger partial charge on any atom is -0.478 e. The van der Waals surface area contributed by atoms with Crippen LogP contribution in [-0.4, -0.2) is 45.8 Å². The first kappa shape index (κ1) is 12.8. The molecular weight excluding hydrogens is 234 g/mol. The fourth-order valence-electron chi connectivity index (χ4n) is 2.20. The van der Waals surface area contributed by atoms with Gasteiger partial charge in [-0.25, -0.2) is 14.8 Å². The molecule has 1 aromatic heterocycles. The molecule has 6 nitrogen and oxygen atoms in total. The summed E-state index contributed by atoms with van der Waals surface area (Å²) in [6, 6.07) is 0. The number of rotatable bonds is 2. The van der Waals surface area contributed by atoms with Crippen LogP contribution in [0.5, 0.6) is 0 Å². The summed E-state index contributed by atoms with van der Waals surface area (Å²) in [6.07, 6.45) is 2.76. The van der Waals surface area contributed by atoms with Crippen molar-refractivity contribution in [2.75, 3.05) is 18.0 Å². The summed E-state index contributed by atoms with van der Waals surface area (Å²) in [5.74, 6) is -0.472. The van der Waals surface area contributed by atoms with Crippen molar-refractivity contribution in [3.63, 3.8) is 0 Å². The first-order valence-electron chi connectivity index (χ1n) is 5.85. The van der Waals surface area contributed by atoms with Crippen molar-refractivity contribution in [2.45, 2.75) is 32.5 Å². The fraction of sp³-hybridized carbons (Fsp3) is 0.583. The molecule has 1 unspecified atom stereocenters. The standard InChI is InChI=1S/C12H17N3O3/c1-8-6-15(7-12(2,3)18-8)11-13-4-9(5-14-11)10(16)17/h4-5,8H,6-7H2,1-3H3,(H,16,17). The number of nitrogens with zero attached hydrogens (tertiary/aromatic N) is 3. The lowest BCUT2D eigenvalue weighted by atomic mass is 10.1. The molecule has 1 fully saturated rings. The Morgan fingerprint density at radius 1 is 1.50 bits per heavy atom. The number of carboxylic acids is 1. The number of ether oxygens (including phenoxy) is 1. The third-order valence-electron chi connectivity index (χ3n) is 2.74. The number of carbonyl (C=O) groups is 1. The van der Waals surface area contributed by atoms with Crippen LogP contribution < -0.4 is 4.90 Å². The van der Waals surface area contributed by atoms with Crippen LogP contribution >= 0.6 is 0 Å². The average Bonchev–Trinajstić information content (AvgIpc) is 2.26. The molecule has 0 aliphatic carbocycles. The summed E-state index contributed by atoms with van der Waals surface area (Å²) in [4.78, 5) is 20.9. The molecule has 1 aromatic rings. The van der Waals surface area contributed by atoms with Gasteiger partial charge in [0.05, 0.1) is 17.3 Å². The maximum Gasteiger partial charge on any atom is 0.338 e. The first-order valence-corrected chi connectivity index (χ1v) is 5.85. The van der Waals surface area contributed by atoms with Gasteiger partial charge in [0.15, 0.2) is 0 Å². The maximum absolute atomic E-state index is 10.7.